The van der Waals surface area contributed by atoms with Crippen LogP contribution in [-0.2, 0) is 9.59 Å². The van der Waals surface area contributed by atoms with Crippen molar-refractivity contribution >= 4 is 23.6 Å². The molecule has 1 N–H and O–H groups in total. The molecule has 1 saturated heterocycles. The Hall–Kier alpha value is -2.50. The van der Waals surface area contributed by atoms with Gasteiger partial charge in [0.2, 0.25) is 11.8 Å². The lowest BCUT2D eigenvalue weighted by Gasteiger charge is -2.27. The van der Waals surface area contributed by atoms with Crippen LogP contribution in [0.5, 0.6) is 0 Å². The summed E-state index contributed by atoms with van der Waals surface area (Å²) >= 11 is 0. The first-order chi connectivity index (χ1) is 11.9. The number of fused-ring (bicyclic) bond motifs is 1. The molecule has 2 heterocycles. The fraction of sp³-hybridized carbons (Fsp3) is 0.231. The topological polar surface area (TPSA) is 83.6 Å². The molecule has 1 atom stereocenters. The Kier molecular flexibility index (Phi) is 1.29. The zero-order valence-electron chi connectivity index (χ0n) is 16.3. The molecular formula is C13H10N2O4. The second-order valence-corrected chi connectivity index (χ2v) is 3.78. The van der Waals surface area contributed by atoms with Crippen molar-refractivity contribution < 1.29 is 28.8 Å². The molecule has 0 saturated carbocycles. The number of carbonyl (C=O) groups excluding carboxylic acids is 4. The van der Waals surface area contributed by atoms with E-state index in [4.69, 9.17) is 9.60 Å². The zero-order valence-corrected chi connectivity index (χ0v) is 9.29. The minimum atomic E-state index is -3.16. The average molecular weight is 265 g/mol. The summed E-state index contributed by atoms with van der Waals surface area (Å²) in [5.74, 6) is -5.37. The van der Waals surface area contributed by atoms with E-state index in [1.807, 2.05) is 0 Å². The Morgan fingerprint density at radius 3 is 2.32 bits per heavy atom. The van der Waals surface area contributed by atoms with Crippen molar-refractivity contribution in [3.63, 3.8) is 0 Å². The van der Waals surface area contributed by atoms with E-state index in [2.05, 4.69) is 0 Å². The van der Waals surface area contributed by atoms with Crippen molar-refractivity contribution in [2.45, 2.75) is 18.8 Å². The molecule has 0 unspecified atom stereocenters. The molecule has 96 valence electrons. The van der Waals surface area contributed by atoms with Gasteiger partial charge in [0.1, 0.15) is 6.02 Å². The Labute approximate surface area is 118 Å². The van der Waals surface area contributed by atoms with E-state index in [9.17, 15) is 19.2 Å². The summed E-state index contributed by atoms with van der Waals surface area (Å²) in [6.45, 7) is 0. The van der Waals surface area contributed by atoms with Gasteiger partial charge in [0, 0.05) is 9.16 Å². The predicted molar refractivity (Wildman–Crippen MR) is 63.1 cm³/mol. The van der Waals surface area contributed by atoms with Crippen LogP contribution in [0, 0.1) is 0 Å². The molecule has 0 aromatic heterocycles. The number of imide groups is 2. The van der Waals surface area contributed by atoms with Gasteiger partial charge in [-0.25, -0.2) is 0 Å². The quantitative estimate of drug-likeness (QED) is 0.729. The van der Waals surface area contributed by atoms with Crippen molar-refractivity contribution in [2.75, 3.05) is 0 Å². The number of nitrogens with zero attached hydrogens (tertiary/aromatic N) is 1. The molecule has 6 nitrogen and oxygen atoms in total. The van der Waals surface area contributed by atoms with Crippen molar-refractivity contribution in [1.29, 1.82) is 0 Å². The van der Waals surface area contributed by atoms with Gasteiger partial charge in [-0.15, -0.1) is 0 Å². The Morgan fingerprint density at radius 2 is 1.79 bits per heavy atom. The summed E-state index contributed by atoms with van der Waals surface area (Å²) in [4.78, 5) is 48.9. The van der Waals surface area contributed by atoms with E-state index in [-0.39, 0.29) is 4.90 Å². The van der Waals surface area contributed by atoms with Crippen LogP contribution in [0.1, 0.15) is 43.1 Å². The van der Waals surface area contributed by atoms with Crippen LogP contribution >= 0.6 is 0 Å². The summed E-state index contributed by atoms with van der Waals surface area (Å²) in [5, 5.41) is 1.70. The number of carbonyl (C=O) groups is 4. The van der Waals surface area contributed by atoms with Crippen LogP contribution in [0.25, 0.3) is 0 Å². The highest BCUT2D eigenvalue weighted by Crippen LogP contribution is 2.26. The number of amides is 4. The molecule has 19 heavy (non-hydrogen) atoms. The molecule has 1 aromatic rings. The van der Waals surface area contributed by atoms with Crippen LogP contribution in [-0.4, -0.2) is 34.5 Å². The molecule has 1 fully saturated rings. The van der Waals surface area contributed by atoms with Crippen LogP contribution < -0.4 is 5.32 Å². The van der Waals surface area contributed by atoms with Crippen LogP contribution in [0.15, 0.2) is 24.2 Å². The van der Waals surface area contributed by atoms with E-state index in [0.717, 1.165) is 0 Å². The molecule has 6 heteroatoms. The Bertz CT molecular complexity index is 885. The molecule has 4 amide bonds. The van der Waals surface area contributed by atoms with E-state index < -0.39 is 77.7 Å². The first-order valence-corrected chi connectivity index (χ1v) is 5.19. The summed E-state index contributed by atoms with van der Waals surface area (Å²) < 4.78 is 54.7. The summed E-state index contributed by atoms with van der Waals surface area (Å²) in [7, 11) is 0. The summed E-state index contributed by atoms with van der Waals surface area (Å²) in [5.41, 5.74) is -1.48. The number of hydrogen-bond acceptors (Lipinski definition) is 4. The van der Waals surface area contributed by atoms with Gasteiger partial charge >= 0.3 is 0 Å². The molecule has 0 bridgehead atoms. The molecule has 3 rings (SSSR count). The van der Waals surface area contributed by atoms with Gasteiger partial charge < -0.3 is 0 Å². The van der Waals surface area contributed by atoms with Gasteiger partial charge in [-0.05, 0) is 18.5 Å². The highest BCUT2D eigenvalue weighted by atomic mass is 16.2. The van der Waals surface area contributed by atoms with Crippen molar-refractivity contribution in [1.82, 2.24) is 10.2 Å². The third-order valence-electron chi connectivity index (χ3n) is 2.63. The lowest BCUT2D eigenvalue weighted by atomic mass is 10.0. The van der Waals surface area contributed by atoms with Gasteiger partial charge in [-0.1, -0.05) is 12.1 Å². The molecule has 2 aliphatic rings. The van der Waals surface area contributed by atoms with Crippen LogP contribution in [0.3, 0.4) is 0 Å². The summed E-state index contributed by atoms with van der Waals surface area (Å²) in [6.07, 6.45) is -3.90. The van der Waals surface area contributed by atoms with Gasteiger partial charge in [0.05, 0.1) is 18.0 Å². The third-order valence-corrected chi connectivity index (χ3v) is 2.63. The molecule has 1 aromatic carbocycles. The minimum absolute atomic E-state index is 0.0472. The second-order valence-electron chi connectivity index (χ2n) is 3.78. The van der Waals surface area contributed by atoms with Crippen molar-refractivity contribution in [2.24, 2.45) is 0 Å². The first-order valence-electron chi connectivity index (χ1n) is 8.69. The maximum Gasteiger partial charge on any atom is 0.262 e. The van der Waals surface area contributed by atoms with Crippen molar-refractivity contribution in [3.05, 3.63) is 35.3 Å². The molecule has 0 spiro atoms. The van der Waals surface area contributed by atoms with E-state index in [1.54, 1.807) is 5.32 Å². The maximum absolute atomic E-state index is 12.7. The minimum Gasteiger partial charge on any atom is -0.295 e. The van der Waals surface area contributed by atoms with Crippen LogP contribution in [0.4, 0.5) is 0 Å². The molecule has 0 radical (unpaired) electrons. The molecule has 0 aliphatic carbocycles. The fourth-order valence-corrected chi connectivity index (χ4v) is 1.81. The van der Waals surface area contributed by atoms with Gasteiger partial charge in [0.15, 0.2) is 0 Å². The monoisotopic (exact) mass is 265 g/mol. The normalized spacial score (nSPS) is 34.3. The SMILES string of the molecule is [2H]c1c([2H])c([2H])c2c(c1[2H])C(=O)N([C@]1([2H])C(=O)NC(=O)CC1([2H])[2H])C2=O. The number of benzene rings is 1. The molecule has 2 aliphatic heterocycles. The van der Waals surface area contributed by atoms with Gasteiger partial charge in [0.25, 0.3) is 11.8 Å². The van der Waals surface area contributed by atoms with E-state index >= 15 is 0 Å². The predicted octanol–water partition coefficient (Wildman–Crippen LogP) is 0.0878. The number of hydrogen-bond donors (Lipinski definition) is 1. The largest absolute Gasteiger partial charge is 0.295 e. The first kappa shape index (κ1) is 6.10. The standard InChI is InChI=1S/C13H10N2O4/c16-10-6-5-9(11(17)14-10)15-12(18)7-3-1-2-4-8(7)13(15)19/h1-4,9H,5-6H2,(H,14,16,17)/t9-/m0/s1/i1D,2D,3D,4D,5D2,9D. The highest BCUT2D eigenvalue weighted by Gasteiger charge is 2.44. The lowest BCUT2D eigenvalue weighted by Crippen LogP contribution is -2.54. The van der Waals surface area contributed by atoms with Crippen molar-refractivity contribution in [3.8, 4) is 0 Å². The van der Waals surface area contributed by atoms with Gasteiger partial charge in [-0.3, -0.25) is 29.4 Å². The Morgan fingerprint density at radius 1 is 1.21 bits per heavy atom. The molecular weight excluding hydrogens is 248 g/mol. The number of nitrogens with one attached hydrogen (secondary N) is 1. The summed E-state index contributed by atoms with van der Waals surface area (Å²) in [6, 6.07) is -6.40. The fourth-order valence-electron chi connectivity index (χ4n) is 1.81. The Balaban J connectivity index is 2.26. The smallest absolute Gasteiger partial charge is 0.262 e. The lowest BCUT2D eigenvalue weighted by molar-refractivity contribution is -0.136. The third kappa shape index (κ3) is 1.64. The average Bonchev–Trinajstić information content (AvgIpc) is 2.79. The van der Waals surface area contributed by atoms with Crippen LogP contribution in [0.2, 0.25) is 0 Å². The number of rotatable bonds is 1. The van der Waals surface area contributed by atoms with Gasteiger partial charge in [-0.2, -0.15) is 0 Å². The maximum atomic E-state index is 12.7. The van der Waals surface area contributed by atoms with E-state index in [1.165, 1.54) is 0 Å². The zero-order chi connectivity index (χ0) is 19.8. The number of piperidine rings is 1. The highest BCUT2D eigenvalue weighted by molar-refractivity contribution is 6.23. The second kappa shape index (κ2) is 4.01. The van der Waals surface area contributed by atoms with E-state index in [0.29, 0.717) is 0 Å².